The summed E-state index contributed by atoms with van der Waals surface area (Å²) in [6.45, 7) is 0. The van der Waals surface area contributed by atoms with Gasteiger partial charge in [0.15, 0.2) is 15.5 Å². The van der Waals surface area contributed by atoms with Gasteiger partial charge in [0.2, 0.25) is 0 Å². The van der Waals surface area contributed by atoms with Crippen LogP contribution in [0.15, 0.2) is 40.7 Å². The zero-order chi connectivity index (χ0) is 19.8. The molecule has 2 amide bonds. The number of primary amides is 1. The number of benzene rings is 1. The molecular formula is C16H15N5O4S2. The van der Waals surface area contributed by atoms with Crippen molar-refractivity contribution in [2.45, 2.75) is 4.90 Å². The summed E-state index contributed by atoms with van der Waals surface area (Å²) in [5, 5.41) is 8.48. The van der Waals surface area contributed by atoms with Crippen LogP contribution in [-0.2, 0) is 16.9 Å². The lowest BCUT2D eigenvalue weighted by Gasteiger charge is -2.02. The van der Waals surface area contributed by atoms with E-state index in [0.717, 1.165) is 6.26 Å². The molecule has 1 aromatic carbocycles. The van der Waals surface area contributed by atoms with Crippen LogP contribution in [0.2, 0.25) is 0 Å². The van der Waals surface area contributed by atoms with Crippen molar-refractivity contribution in [2.75, 3.05) is 11.6 Å². The third-order valence-electron chi connectivity index (χ3n) is 3.56. The summed E-state index contributed by atoms with van der Waals surface area (Å²) in [5.74, 6) is -1.30. The highest BCUT2D eigenvalue weighted by Crippen LogP contribution is 2.26. The van der Waals surface area contributed by atoms with Crippen LogP contribution in [-0.4, -0.2) is 41.3 Å². The molecule has 0 saturated carbocycles. The first kappa shape index (κ1) is 18.7. The molecular weight excluding hydrogens is 390 g/mol. The van der Waals surface area contributed by atoms with Crippen molar-refractivity contribution < 1.29 is 18.0 Å². The molecule has 0 aliphatic carbocycles. The zero-order valence-corrected chi connectivity index (χ0v) is 16.0. The average molecular weight is 405 g/mol. The SMILES string of the molecule is Cn1cc(NC(=O)c2csc(-c3cccc(S(C)(=O)=O)c3)n2)c(C(N)=O)n1. The number of anilines is 1. The van der Waals surface area contributed by atoms with Crippen molar-refractivity contribution in [3.8, 4) is 10.6 Å². The molecule has 0 unspecified atom stereocenters. The number of nitrogens with two attached hydrogens (primary N) is 1. The van der Waals surface area contributed by atoms with Crippen LogP contribution in [0.1, 0.15) is 21.0 Å². The second-order valence-corrected chi connectivity index (χ2v) is 8.60. The van der Waals surface area contributed by atoms with Crippen LogP contribution >= 0.6 is 11.3 Å². The lowest BCUT2D eigenvalue weighted by atomic mass is 10.2. The smallest absolute Gasteiger partial charge is 0.275 e. The number of aromatic nitrogens is 3. The summed E-state index contributed by atoms with van der Waals surface area (Å²) in [6, 6.07) is 6.32. The van der Waals surface area contributed by atoms with Gasteiger partial charge >= 0.3 is 0 Å². The van der Waals surface area contributed by atoms with Gasteiger partial charge in [-0.25, -0.2) is 13.4 Å². The Hall–Kier alpha value is -3.05. The quantitative estimate of drug-likeness (QED) is 0.656. The van der Waals surface area contributed by atoms with E-state index in [1.54, 1.807) is 19.2 Å². The second kappa shape index (κ2) is 6.93. The molecule has 11 heteroatoms. The Balaban J connectivity index is 1.86. The molecule has 0 atom stereocenters. The van der Waals surface area contributed by atoms with E-state index in [-0.39, 0.29) is 22.0 Å². The van der Waals surface area contributed by atoms with E-state index in [1.165, 1.54) is 39.7 Å². The minimum atomic E-state index is -3.35. The number of nitrogens with zero attached hydrogens (tertiary/aromatic N) is 3. The summed E-state index contributed by atoms with van der Waals surface area (Å²) in [7, 11) is -1.75. The Morgan fingerprint density at radius 1 is 1.30 bits per heavy atom. The number of sulfone groups is 1. The van der Waals surface area contributed by atoms with Gasteiger partial charge in [0.05, 0.1) is 10.6 Å². The molecule has 0 aliphatic rings. The standard InChI is InChI=1S/C16H15N5O4S2/c1-21-7-11(13(20-21)14(17)22)18-15(23)12-8-26-16(19-12)9-4-3-5-10(6-9)27(2,24)25/h3-8H,1-2H3,(H2,17,22)(H,18,23). The normalized spacial score (nSPS) is 11.3. The topological polar surface area (TPSA) is 137 Å². The maximum Gasteiger partial charge on any atom is 0.275 e. The number of carbonyl (C=O) groups excluding carboxylic acids is 2. The Kier molecular flexibility index (Phi) is 4.81. The van der Waals surface area contributed by atoms with Gasteiger partial charge in [-0.3, -0.25) is 14.3 Å². The Morgan fingerprint density at radius 3 is 2.70 bits per heavy atom. The minimum Gasteiger partial charge on any atom is -0.364 e. The lowest BCUT2D eigenvalue weighted by molar-refractivity contribution is 0.0995. The van der Waals surface area contributed by atoms with Crippen LogP contribution in [0.5, 0.6) is 0 Å². The van der Waals surface area contributed by atoms with E-state index in [0.29, 0.717) is 10.6 Å². The average Bonchev–Trinajstić information content (AvgIpc) is 3.21. The lowest BCUT2D eigenvalue weighted by Crippen LogP contribution is -2.18. The Labute approximate surface area is 158 Å². The van der Waals surface area contributed by atoms with Crippen LogP contribution in [0, 0.1) is 0 Å². The monoisotopic (exact) mass is 405 g/mol. The Bertz CT molecular complexity index is 1150. The van der Waals surface area contributed by atoms with Crippen molar-refractivity contribution in [3.05, 3.63) is 47.2 Å². The molecule has 27 heavy (non-hydrogen) atoms. The summed E-state index contributed by atoms with van der Waals surface area (Å²) in [4.78, 5) is 28.2. The van der Waals surface area contributed by atoms with Crippen LogP contribution < -0.4 is 11.1 Å². The minimum absolute atomic E-state index is 0.0536. The van der Waals surface area contributed by atoms with Gasteiger partial charge in [-0.2, -0.15) is 5.10 Å². The first-order chi connectivity index (χ1) is 12.6. The number of aryl methyl sites for hydroxylation is 1. The fourth-order valence-electron chi connectivity index (χ4n) is 2.32. The Morgan fingerprint density at radius 2 is 2.04 bits per heavy atom. The van der Waals surface area contributed by atoms with Gasteiger partial charge in [0.1, 0.15) is 10.7 Å². The number of thiazole rings is 1. The van der Waals surface area contributed by atoms with Crippen molar-refractivity contribution in [1.82, 2.24) is 14.8 Å². The summed E-state index contributed by atoms with van der Waals surface area (Å²) >= 11 is 1.20. The third-order valence-corrected chi connectivity index (χ3v) is 5.56. The molecule has 0 aliphatic heterocycles. The van der Waals surface area contributed by atoms with Gasteiger partial charge in [0.25, 0.3) is 11.8 Å². The molecule has 0 radical (unpaired) electrons. The van der Waals surface area contributed by atoms with Crippen LogP contribution in [0.25, 0.3) is 10.6 Å². The van der Waals surface area contributed by atoms with Crippen molar-refractivity contribution >= 4 is 38.7 Å². The molecule has 2 aromatic heterocycles. The predicted molar refractivity (Wildman–Crippen MR) is 100 cm³/mol. The number of nitrogens with one attached hydrogen (secondary N) is 1. The van der Waals surface area contributed by atoms with Gasteiger partial charge in [-0.05, 0) is 12.1 Å². The van der Waals surface area contributed by atoms with E-state index >= 15 is 0 Å². The molecule has 9 nitrogen and oxygen atoms in total. The zero-order valence-electron chi connectivity index (χ0n) is 14.3. The van der Waals surface area contributed by atoms with Crippen LogP contribution in [0.3, 0.4) is 0 Å². The molecule has 3 rings (SSSR count). The predicted octanol–water partition coefficient (Wildman–Crippen LogP) is 1.30. The second-order valence-electron chi connectivity index (χ2n) is 5.72. The number of carbonyl (C=O) groups is 2. The molecule has 0 spiro atoms. The maximum absolute atomic E-state index is 12.4. The molecule has 0 bridgehead atoms. The van der Waals surface area contributed by atoms with Gasteiger partial charge in [-0.15, -0.1) is 11.3 Å². The largest absolute Gasteiger partial charge is 0.364 e. The fraction of sp³-hybridized carbons (Fsp3) is 0.125. The molecule has 0 fully saturated rings. The molecule has 3 N–H and O–H groups in total. The number of amides is 2. The third kappa shape index (κ3) is 4.04. The van der Waals surface area contributed by atoms with Gasteiger partial charge < -0.3 is 11.1 Å². The van der Waals surface area contributed by atoms with Crippen molar-refractivity contribution in [2.24, 2.45) is 12.8 Å². The summed E-state index contributed by atoms with van der Waals surface area (Å²) in [6.07, 6.45) is 2.58. The first-order valence-corrected chi connectivity index (χ1v) is 10.3. The number of hydrogen-bond donors (Lipinski definition) is 2. The molecule has 2 heterocycles. The van der Waals surface area contributed by atoms with Crippen molar-refractivity contribution in [3.63, 3.8) is 0 Å². The highest BCUT2D eigenvalue weighted by Gasteiger charge is 2.18. The molecule has 0 saturated heterocycles. The molecule has 140 valence electrons. The van der Waals surface area contributed by atoms with E-state index in [2.05, 4.69) is 15.4 Å². The van der Waals surface area contributed by atoms with Gasteiger partial charge in [0, 0.05) is 30.4 Å². The highest BCUT2D eigenvalue weighted by atomic mass is 32.2. The van der Waals surface area contributed by atoms with E-state index in [4.69, 9.17) is 5.73 Å². The number of rotatable bonds is 5. The van der Waals surface area contributed by atoms with E-state index in [9.17, 15) is 18.0 Å². The summed E-state index contributed by atoms with van der Waals surface area (Å²) in [5.41, 5.74) is 6.08. The maximum atomic E-state index is 12.4. The van der Waals surface area contributed by atoms with Gasteiger partial charge in [-0.1, -0.05) is 12.1 Å². The van der Waals surface area contributed by atoms with E-state index < -0.39 is 21.7 Å². The fourth-order valence-corrected chi connectivity index (χ4v) is 3.78. The first-order valence-electron chi connectivity index (χ1n) is 7.56. The van der Waals surface area contributed by atoms with Crippen molar-refractivity contribution in [1.29, 1.82) is 0 Å². The van der Waals surface area contributed by atoms with Crippen LogP contribution in [0.4, 0.5) is 5.69 Å². The number of hydrogen-bond acceptors (Lipinski definition) is 7. The highest BCUT2D eigenvalue weighted by molar-refractivity contribution is 7.90. The summed E-state index contributed by atoms with van der Waals surface area (Å²) < 4.78 is 24.8. The van der Waals surface area contributed by atoms with E-state index in [1.807, 2.05) is 0 Å². The molecule has 3 aromatic rings.